The van der Waals surface area contributed by atoms with E-state index < -0.39 is 0 Å². The predicted octanol–water partition coefficient (Wildman–Crippen LogP) is 2.67. The molecule has 1 nitrogen and oxygen atoms in total. The summed E-state index contributed by atoms with van der Waals surface area (Å²) in [5.74, 6) is 6.74. The third-order valence-corrected chi connectivity index (χ3v) is 4.32. The van der Waals surface area contributed by atoms with E-state index in [0.29, 0.717) is 16.9 Å². The van der Waals surface area contributed by atoms with Crippen molar-refractivity contribution in [1.82, 2.24) is 5.32 Å². The Morgan fingerprint density at radius 3 is 2.07 bits per heavy atom. The predicted molar refractivity (Wildman–Crippen MR) is 62.0 cm³/mol. The largest absolute Gasteiger partial charge is 0.303 e. The van der Waals surface area contributed by atoms with Gasteiger partial charge in [0.15, 0.2) is 0 Å². The van der Waals surface area contributed by atoms with E-state index in [4.69, 9.17) is 0 Å². The number of rotatable bonds is 3. The first-order chi connectivity index (χ1) is 6.35. The second-order valence-corrected chi connectivity index (χ2v) is 5.52. The summed E-state index contributed by atoms with van der Waals surface area (Å²) in [6, 6.07) is 0.570. The van der Waals surface area contributed by atoms with Gasteiger partial charge >= 0.3 is 0 Å². The van der Waals surface area contributed by atoms with Crippen LogP contribution in [0.3, 0.4) is 0 Å². The maximum Gasteiger partial charge on any atom is 0.0578 e. The zero-order chi connectivity index (χ0) is 11.0. The first-order valence-electron chi connectivity index (χ1n) is 5.48. The fraction of sp³-hybridized carbons (Fsp3) is 0.846. The molecule has 80 valence electrons. The first kappa shape index (κ1) is 11.6. The number of nitrogens with one attached hydrogen (secondary N) is 1. The lowest BCUT2D eigenvalue weighted by atomic mass is 10.0. The molecule has 0 heterocycles. The maximum absolute atomic E-state index is 3.48. The highest BCUT2D eigenvalue weighted by Crippen LogP contribution is 2.69. The molecule has 1 fully saturated rings. The van der Waals surface area contributed by atoms with E-state index >= 15 is 0 Å². The van der Waals surface area contributed by atoms with Crippen LogP contribution in [0.5, 0.6) is 0 Å². The van der Waals surface area contributed by atoms with Crippen LogP contribution in [0.25, 0.3) is 0 Å². The zero-order valence-electron chi connectivity index (χ0n) is 10.4. The van der Waals surface area contributed by atoms with Crippen molar-refractivity contribution in [1.29, 1.82) is 0 Å². The Hall–Kier alpha value is -0.480. The highest BCUT2D eigenvalue weighted by atomic mass is 14.9. The van der Waals surface area contributed by atoms with Gasteiger partial charge < -0.3 is 5.32 Å². The Bertz CT molecular complexity index is 251. The van der Waals surface area contributed by atoms with Gasteiger partial charge in [0, 0.05) is 6.04 Å². The van der Waals surface area contributed by atoms with Crippen molar-refractivity contribution in [3.63, 3.8) is 0 Å². The Morgan fingerprint density at radius 2 is 1.71 bits per heavy atom. The van der Waals surface area contributed by atoms with Crippen molar-refractivity contribution < 1.29 is 0 Å². The van der Waals surface area contributed by atoms with Gasteiger partial charge in [-0.25, -0.2) is 0 Å². The van der Waals surface area contributed by atoms with E-state index in [-0.39, 0.29) is 0 Å². The minimum Gasteiger partial charge on any atom is -0.303 e. The van der Waals surface area contributed by atoms with Gasteiger partial charge in [-0.3, -0.25) is 0 Å². The summed E-state index contributed by atoms with van der Waals surface area (Å²) in [7, 11) is 0. The normalized spacial score (nSPS) is 25.0. The van der Waals surface area contributed by atoms with E-state index in [1.54, 1.807) is 0 Å². The van der Waals surface area contributed by atoms with Gasteiger partial charge in [-0.05, 0) is 30.6 Å². The molecule has 0 bridgehead atoms. The van der Waals surface area contributed by atoms with Crippen LogP contribution in [-0.2, 0) is 0 Å². The third-order valence-electron chi connectivity index (χ3n) is 4.32. The van der Waals surface area contributed by atoms with Crippen LogP contribution in [0.4, 0.5) is 0 Å². The second kappa shape index (κ2) is 3.59. The highest BCUT2D eigenvalue weighted by Gasteiger charge is 2.66. The average Bonchev–Trinajstić information content (AvgIpc) is 2.43. The molecule has 14 heavy (non-hydrogen) atoms. The van der Waals surface area contributed by atoms with Crippen molar-refractivity contribution in [3.8, 4) is 11.8 Å². The summed E-state index contributed by atoms with van der Waals surface area (Å²) in [4.78, 5) is 0. The Morgan fingerprint density at radius 1 is 1.21 bits per heavy atom. The molecule has 0 aliphatic heterocycles. The number of hydrogen-bond acceptors (Lipinski definition) is 1. The van der Waals surface area contributed by atoms with Crippen LogP contribution >= 0.6 is 0 Å². The van der Waals surface area contributed by atoms with Crippen molar-refractivity contribution >= 4 is 0 Å². The molecule has 1 atom stereocenters. The van der Waals surface area contributed by atoms with Gasteiger partial charge in [0.1, 0.15) is 0 Å². The zero-order valence-corrected chi connectivity index (χ0v) is 10.4. The van der Waals surface area contributed by atoms with Crippen LogP contribution in [0.2, 0.25) is 0 Å². The van der Waals surface area contributed by atoms with E-state index in [1.165, 1.54) is 0 Å². The monoisotopic (exact) mass is 193 g/mol. The van der Waals surface area contributed by atoms with Gasteiger partial charge in [0.05, 0.1) is 6.54 Å². The summed E-state index contributed by atoms with van der Waals surface area (Å²) >= 11 is 0. The van der Waals surface area contributed by atoms with Crippen LogP contribution in [0, 0.1) is 28.6 Å². The van der Waals surface area contributed by atoms with E-state index in [1.807, 2.05) is 6.92 Å². The van der Waals surface area contributed by atoms with Gasteiger partial charge in [0.2, 0.25) is 0 Å². The summed E-state index contributed by atoms with van der Waals surface area (Å²) < 4.78 is 0. The summed E-state index contributed by atoms with van der Waals surface area (Å²) in [6.07, 6.45) is 0. The summed E-state index contributed by atoms with van der Waals surface area (Å²) in [5.41, 5.74) is 0.943. The molecule has 0 saturated heterocycles. The quantitative estimate of drug-likeness (QED) is 0.680. The van der Waals surface area contributed by atoms with Gasteiger partial charge in [-0.2, -0.15) is 0 Å². The molecular weight excluding hydrogens is 170 g/mol. The molecule has 0 aromatic heterocycles. The van der Waals surface area contributed by atoms with Crippen molar-refractivity contribution in [2.45, 2.75) is 47.6 Å². The Balaban J connectivity index is 2.47. The smallest absolute Gasteiger partial charge is 0.0578 e. The lowest BCUT2D eigenvalue weighted by Gasteiger charge is -2.13. The Labute approximate surface area is 88.7 Å². The third kappa shape index (κ3) is 1.68. The number of hydrogen-bond donors (Lipinski definition) is 1. The molecule has 0 radical (unpaired) electrons. The molecule has 0 aromatic rings. The topological polar surface area (TPSA) is 12.0 Å². The fourth-order valence-electron chi connectivity index (χ4n) is 2.92. The summed E-state index contributed by atoms with van der Waals surface area (Å²) in [6.45, 7) is 14.4. The van der Waals surface area contributed by atoms with Crippen molar-refractivity contribution in [2.75, 3.05) is 6.54 Å². The highest BCUT2D eigenvalue weighted by molar-refractivity contribution is 5.15. The standard InChI is InChI=1S/C13H23N/c1-7-8-9-14-10(2)11-12(3,4)13(11,5)6/h10-11,14H,9H2,1-6H3. The lowest BCUT2D eigenvalue weighted by molar-refractivity contribution is 0.442. The molecule has 1 heteroatoms. The van der Waals surface area contributed by atoms with Crippen LogP contribution in [-0.4, -0.2) is 12.6 Å². The molecule has 0 spiro atoms. The molecule has 1 saturated carbocycles. The SMILES string of the molecule is CC#CCNC(C)C1C(C)(C)C1(C)C. The second-order valence-electron chi connectivity index (χ2n) is 5.52. The molecule has 1 unspecified atom stereocenters. The molecule has 1 N–H and O–H groups in total. The van der Waals surface area contributed by atoms with Gasteiger partial charge in [-0.1, -0.05) is 33.6 Å². The van der Waals surface area contributed by atoms with E-state index in [2.05, 4.69) is 51.8 Å². The van der Waals surface area contributed by atoms with E-state index in [0.717, 1.165) is 12.5 Å². The average molecular weight is 193 g/mol. The van der Waals surface area contributed by atoms with Crippen LogP contribution in [0.1, 0.15) is 41.5 Å². The Kier molecular flexibility index (Phi) is 2.97. The minimum absolute atomic E-state index is 0.471. The molecule has 0 amide bonds. The minimum atomic E-state index is 0.471. The fourth-order valence-corrected chi connectivity index (χ4v) is 2.92. The van der Waals surface area contributed by atoms with Crippen molar-refractivity contribution in [3.05, 3.63) is 0 Å². The summed E-state index contributed by atoms with van der Waals surface area (Å²) in [5, 5.41) is 3.48. The first-order valence-corrected chi connectivity index (χ1v) is 5.48. The molecule has 1 rings (SSSR count). The lowest BCUT2D eigenvalue weighted by Crippen LogP contribution is -2.30. The van der Waals surface area contributed by atoms with Crippen molar-refractivity contribution in [2.24, 2.45) is 16.7 Å². The molecule has 0 aromatic carbocycles. The van der Waals surface area contributed by atoms with Crippen LogP contribution in [0.15, 0.2) is 0 Å². The van der Waals surface area contributed by atoms with Gasteiger partial charge in [0.25, 0.3) is 0 Å². The van der Waals surface area contributed by atoms with Gasteiger partial charge in [-0.15, -0.1) is 5.92 Å². The molecule has 1 aliphatic carbocycles. The molecular formula is C13H23N. The van der Waals surface area contributed by atoms with E-state index in [9.17, 15) is 0 Å². The molecule has 1 aliphatic rings. The van der Waals surface area contributed by atoms with Crippen LogP contribution < -0.4 is 5.32 Å². The maximum atomic E-state index is 3.48.